The molecule has 1 aromatic heterocycles. The summed E-state index contributed by atoms with van der Waals surface area (Å²) in [7, 11) is 0. The first-order valence-electron chi connectivity index (χ1n) is 7.35. The Balaban J connectivity index is 1.65. The van der Waals surface area contributed by atoms with Crippen LogP contribution in [0, 0.1) is 11.8 Å². The molecule has 1 nitrogen and oxygen atoms in total. The minimum Gasteiger partial charge on any atom is -0.300 e. The van der Waals surface area contributed by atoms with Gasteiger partial charge in [-0.1, -0.05) is 30.3 Å². The van der Waals surface area contributed by atoms with Crippen LogP contribution in [0.4, 0.5) is 0 Å². The highest BCUT2D eigenvalue weighted by molar-refractivity contribution is 7.10. The van der Waals surface area contributed by atoms with E-state index in [-0.39, 0.29) is 0 Å². The van der Waals surface area contributed by atoms with Crippen LogP contribution in [0.25, 0.3) is 11.1 Å². The van der Waals surface area contributed by atoms with Crippen molar-refractivity contribution in [3.05, 3.63) is 46.7 Å². The molecule has 1 heterocycles. The van der Waals surface area contributed by atoms with Crippen LogP contribution in [-0.2, 0) is 11.2 Å². The van der Waals surface area contributed by atoms with Crippen molar-refractivity contribution >= 4 is 17.1 Å². The summed E-state index contributed by atoms with van der Waals surface area (Å²) in [6.07, 6.45) is 4.54. The molecule has 0 spiro atoms. The van der Waals surface area contributed by atoms with Crippen molar-refractivity contribution in [2.75, 3.05) is 0 Å². The maximum atomic E-state index is 11.4. The van der Waals surface area contributed by atoms with Crippen molar-refractivity contribution in [2.45, 2.75) is 32.6 Å². The van der Waals surface area contributed by atoms with Gasteiger partial charge in [0.15, 0.2) is 0 Å². The zero-order chi connectivity index (χ0) is 13.9. The topological polar surface area (TPSA) is 17.1 Å². The molecule has 0 radical (unpaired) electrons. The summed E-state index contributed by atoms with van der Waals surface area (Å²) in [4.78, 5) is 12.9. The second-order valence-corrected chi connectivity index (χ2v) is 6.85. The highest BCUT2D eigenvalue weighted by Gasteiger charge is 2.27. The van der Waals surface area contributed by atoms with Crippen molar-refractivity contribution in [1.82, 2.24) is 0 Å². The first-order valence-corrected chi connectivity index (χ1v) is 8.23. The van der Waals surface area contributed by atoms with Crippen LogP contribution in [-0.4, -0.2) is 5.78 Å². The summed E-state index contributed by atoms with van der Waals surface area (Å²) < 4.78 is 0. The van der Waals surface area contributed by atoms with E-state index in [0.717, 1.165) is 19.3 Å². The molecule has 20 heavy (non-hydrogen) atoms. The van der Waals surface area contributed by atoms with E-state index in [4.69, 9.17) is 0 Å². The molecular formula is C18H20OS. The molecule has 1 aliphatic rings. The number of hydrogen-bond acceptors (Lipinski definition) is 2. The van der Waals surface area contributed by atoms with Crippen LogP contribution in [0.15, 0.2) is 41.8 Å². The fraction of sp³-hybridized carbons (Fsp3) is 0.389. The van der Waals surface area contributed by atoms with E-state index in [2.05, 4.69) is 41.8 Å². The van der Waals surface area contributed by atoms with Crippen LogP contribution in [0.5, 0.6) is 0 Å². The van der Waals surface area contributed by atoms with Gasteiger partial charge in [0, 0.05) is 10.8 Å². The van der Waals surface area contributed by atoms with Gasteiger partial charge in [-0.15, -0.1) is 11.3 Å². The molecular weight excluding hydrogens is 264 g/mol. The summed E-state index contributed by atoms with van der Waals surface area (Å²) in [6, 6.07) is 12.9. The average Bonchev–Trinajstić information content (AvgIpc) is 3.10. The van der Waals surface area contributed by atoms with Gasteiger partial charge >= 0.3 is 0 Å². The second-order valence-electron chi connectivity index (χ2n) is 5.86. The van der Waals surface area contributed by atoms with Gasteiger partial charge in [-0.2, -0.15) is 0 Å². The van der Waals surface area contributed by atoms with E-state index in [1.807, 2.05) is 11.3 Å². The minimum absolute atomic E-state index is 0.327. The average molecular weight is 284 g/mol. The predicted molar refractivity (Wildman–Crippen MR) is 85.0 cm³/mol. The fourth-order valence-electron chi connectivity index (χ4n) is 3.18. The number of thiophene rings is 1. The van der Waals surface area contributed by atoms with Gasteiger partial charge in [0.2, 0.25) is 0 Å². The molecule has 0 aliphatic heterocycles. The highest BCUT2D eigenvalue weighted by atomic mass is 32.1. The molecule has 2 heteroatoms. The van der Waals surface area contributed by atoms with E-state index < -0.39 is 0 Å². The maximum Gasteiger partial charge on any atom is 0.132 e. The molecule has 1 aliphatic carbocycles. The lowest BCUT2D eigenvalue weighted by Crippen LogP contribution is -2.07. The number of benzene rings is 1. The minimum atomic E-state index is 0.327. The van der Waals surface area contributed by atoms with E-state index in [9.17, 15) is 4.79 Å². The third-order valence-electron chi connectivity index (χ3n) is 4.37. The number of carbonyl (C=O) groups is 1. The Labute approximate surface area is 124 Å². The largest absolute Gasteiger partial charge is 0.300 e. The molecule has 0 saturated heterocycles. The smallest absolute Gasteiger partial charge is 0.132 e. The van der Waals surface area contributed by atoms with Crippen LogP contribution in [0.3, 0.4) is 0 Å². The number of Topliss-reactive ketones (excluding diaryl/α,β-unsaturated/α-hetero) is 1. The van der Waals surface area contributed by atoms with Gasteiger partial charge in [-0.05, 0) is 61.1 Å². The first-order chi connectivity index (χ1) is 9.72. The van der Waals surface area contributed by atoms with Crippen molar-refractivity contribution in [1.29, 1.82) is 0 Å². The monoisotopic (exact) mass is 284 g/mol. The van der Waals surface area contributed by atoms with Crippen molar-refractivity contribution in [3.8, 4) is 11.1 Å². The molecule has 1 saturated carbocycles. The molecule has 3 rings (SSSR count). The third kappa shape index (κ3) is 3.01. The van der Waals surface area contributed by atoms with Crippen LogP contribution in [0.2, 0.25) is 0 Å². The Bertz CT molecular complexity index is 584. The SMILES string of the molecule is CC(=O)[C@@H]1CC[C@@H](Cc2cc(-c3ccccc3)cs2)C1. The lowest BCUT2D eigenvalue weighted by molar-refractivity contribution is -0.120. The summed E-state index contributed by atoms with van der Waals surface area (Å²) in [5.41, 5.74) is 2.62. The number of rotatable bonds is 4. The van der Waals surface area contributed by atoms with Crippen LogP contribution < -0.4 is 0 Å². The molecule has 2 aromatic rings. The van der Waals surface area contributed by atoms with Gasteiger partial charge < -0.3 is 0 Å². The van der Waals surface area contributed by atoms with Gasteiger partial charge in [0.1, 0.15) is 5.78 Å². The Kier molecular flexibility index (Phi) is 4.02. The Morgan fingerprint density at radius 2 is 2.00 bits per heavy atom. The molecule has 0 bridgehead atoms. The van der Waals surface area contributed by atoms with E-state index in [1.54, 1.807) is 6.92 Å². The number of hydrogen-bond donors (Lipinski definition) is 0. The molecule has 0 amide bonds. The second kappa shape index (κ2) is 5.92. The summed E-state index contributed by atoms with van der Waals surface area (Å²) in [5, 5.41) is 2.25. The standard InChI is InChI=1S/C18H20OS/c1-13(19)16-8-7-14(9-16)10-18-11-17(12-20-18)15-5-3-2-4-6-15/h2-6,11-12,14,16H,7-10H2,1H3/t14-,16-/m1/s1. The lowest BCUT2D eigenvalue weighted by atomic mass is 9.98. The van der Waals surface area contributed by atoms with Gasteiger partial charge in [0.05, 0.1) is 0 Å². The Morgan fingerprint density at radius 3 is 2.70 bits per heavy atom. The van der Waals surface area contributed by atoms with Gasteiger partial charge in [0.25, 0.3) is 0 Å². The summed E-state index contributed by atoms with van der Waals surface area (Å²) >= 11 is 1.86. The predicted octanol–water partition coefficient (Wildman–Crippen LogP) is 4.96. The lowest BCUT2D eigenvalue weighted by Gasteiger charge is -2.07. The quantitative estimate of drug-likeness (QED) is 0.775. The van der Waals surface area contributed by atoms with Crippen molar-refractivity contribution in [2.24, 2.45) is 11.8 Å². The molecule has 2 atom stereocenters. The molecule has 0 N–H and O–H groups in total. The highest BCUT2D eigenvalue weighted by Crippen LogP contribution is 2.36. The normalized spacial score (nSPS) is 22.1. The van der Waals surface area contributed by atoms with E-state index >= 15 is 0 Å². The van der Waals surface area contributed by atoms with E-state index in [0.29, 0.717) is 17.6 Å². The Hall–Kier alpha value is -1.41. The number of carbonyl (C=O) groups excluding carboxylic acids is 1. The zero-order valence-electron chi connectivity index (χ0n) is 11.8. The van der Waals surface area contributed by atoms with E-state index in [1.165, 1.54) is 22.4 Å². The summed E-state index contributed by atoms with van der Waals surface area (Å²) in [5.74, 6) is 1.41. The first kappa shape index (κ1) is 13.6. The van der Waals surface area contributed by atoms with Crippen LogP contribution >= 0.6 is 11.3 Å². The molecule has 0 unspecified atom stereocenters. The van der Waals surface area contributed by atoms with Crippen molar-refractivity contribution < 1.29 is 4.79 Å². The number of ketones is 1. The zero-order valence-corrected chi connectivity index (χ0v) is 12.7. The fourth-order valence-corrected chi connectivity index (χ4v) is 4.19. The van der Waals surface area contributed by atoms with Crippen molar-refractivity contribution in [3.63, 3.8) is 0 Å². The van der Waals surface area contributed by atoms with Gasteiger partial charge in [-0.3, -0.25) is 4.79 Å². The molecule has 1 fully saturated rings. The Morgan fingerprint density at radius 1 is 1.20 bits per heavy atom. The molecule has 104 valence electrons. The molecule has 1 aromatic carbocycles. The third-order valence-corrected chi connectivity index (χ3v) is 5.33. The van der Waals surface area contributed by atoms with Crippen LogP contribution in [0.1, 0.15) is 31.1 Å². The van der Waals surface area contributed by atoms with Gasteiger partial charge in [-0.25, -0.2) is 0 Å². The summed E-state index contributed by atoms with van der Waals surface area (Å²) in [6.45, 7) is 1.74. The maximum absolute atomic E-state index is 11.4.